The lowest BCUT2D eigenvalue weighted by molar-refractivity contribution is -0.138. The van der Waals surface area contributed by atoms with E-state index < -0.39 is 30.5 Å². The second kappa shape index (κ2) is 7.65. The van der Waals surface area contributed by atoms with Gasteiger partial charge >= 0.3 is 6.09 Å². The van der Waals surface area contributed by atoms with Crippen molar-refractivity contribution < 1.29 is 24.9 Å². The minimum atomic E-state index is -1.42. The lowest BCUT2D eigenvalue weighted by Crippen LogP contribution is -2.56. The van der Waals surface area contributed by atoms with E-state index in [0.29, 0.717) is 12.1 Å². The SMILES string of the molecule is O=C1O[C@@H]([C@@H](O)[C@@H](O)c2ccccc2)[C@H](O)CN1Cc1ccccc1. The molecule has 6 heteroatoms. The second-order valence-electron chi connectivity index (χ2n) is 6.13. The van der Waals surface area contributed by atoms with Crippen LogP contribution in [0.25, 0.3) is 0 Å². The average molecular weight is 343 g/mol. The molecule has 1 aliphatic rings. The van der Waals surface area contributed by atoms with E-state index >= 15 is 0 Å². The number of β-amino-alcohol motifs (C(OH)–C–C–N with tert-alkyl or cyclic N) is 1. The van der Waals surface area contributed by atoms with Gasteiger partial charge in [0.1, 0.15) is 18.3 Å². The standard InChI is InChI=1S/C19H21NO5/c21-15-12-20(11-13-7-3-1-4-8-13)19(24)25-18(15)17(23)16(22)14-9-5-2-6-10-14/h1-10,15-18,21-23H,11-12H2/t15-,16+,17+,18-/m1/s1. The van der Waals surface area contributed by atoms with Crippen LogP contribution in [0.5, 0.6) is 0 Å². The van der Waals surface area contributed by atoms with Gasteiger partial charge in [0.2, 0.25) is 0 Å². The molecule has 0 saturated carbocycles. The third-order valence-corrected chi connectivity index (χ3v) is 4.30. The first kappa shape index (κ1) is 17.4. The number of hydrogen-bond donors (Lipinski definition) is 3. The Balaban J connectivity index is 1.66. The summed E-state index contributed by atoms with van der Waals surface area (Å²) >= 11 is 0. The van der Waals surface area contributed by atoms with Gasteiger partial charge in [0.15, 0.2) is 6.10 Å². The Kier molecular flexibility index (Phi) is 5.33. The van der Waals surface area contributed by atoms with Gasteiger partial charge in [0.25, 0.3) is 0 Å². The summed E-state index contributed by atoms with van der Waals surface area (Å²) in [6.45, 7) is 0.331. The van der Waals surface area contributed by atoms with Crippen molar-refractivity contribution in [2.24, 2.45) is 0 Å². The number of cyclic esters (lactones) is 1. The van der Waals surface area contributed by atoms with Gasteiger partial charge < -0.3 is 25.0 Å². The number of aliphatic hydroxyl groups excluding tert-OH is 3. The molecule has 132 valence electrons. The van der Waals surface area contributed by atoms with Crippen molar-refractivity contribution >= 4 is 6.09 Å². The molecule has 0 aliphatic carbocycles. The second-order valence-corrected chi connectivity index (χ2v) is 6.13. The highest BCUT2D eigenvalue weighted by Crippen LogP contribution is 2.25. The number of carbonyl (C=O) groups is 1. The Morgan fingerprint density at radius 1 is 1.04 bits per heavy atom. The Morgan fingerprint density at radius 2 is 1.64 bits per heavy atom. The van der Waals surface area contributed by atoms with Gasteiger partial charge in [0, 0.05) is 6.54 Å². The van der Waals surface area contributed by atoms with Crippen LogP contribution >= 0.6 is 0 Å². The molecule has 0 unspecified atom stereocenters. The molecule has 1 amide bonds. The van der Waals surface area contributed by atoms with E-state index in [0.717, 1.165) is 5.56 Å². The molecule has 0 radical (unpaired) electrons. The Bertz CT molecular complexity index is 693. The molecular formula is C19H21NO5. The minimum absolute atomic E-state index is 0.0248. The number of amides is 1. The van der Waals surface area contributed by atoms with E-state index in [1.54, 1.807) is 30.3 Å². The first-order valence-corrected chi connectivity index (χ1v) is 8.15. The van der Waals surface area contributed by atoms with E-state index in [2.05, 4.69) is 0 Å². The third kappa shape index (κ3) is 3.99. The summed E-state index contributed by atoms with van der Waals surface area (Å²) in [5.74, 6) is 0. The van der Waals surface area contributed by atoms with Crippen LogP contribution in [0.1, 0.15) is 17.2 Å². The molecule has 1 saturated heterocycles. The van der Waals surface area contributed by atoms with Crippen LogP contribution < -0.4 is 0 Å². The molecule has 0 spiro atoms. The van der Waals surface area contributed by atoms with Crippen LogP contribution in [0.3, 0.4) is 0 Å². The molecule has 0 bridgehead atoms. The van der Waals surface area contributed by atoms with Gasteiger partial charge in [-0.1, -0.05) is 60.7 Å². The Labute approximate surface area is 145 Å². The topological polar surface area (TPSA) is 90.2 Å². The number of aliphatic hydroxyl groups is 3. The van der Waals surface area contributed by atoms with Crippen molar-refractivity contribution in [1.29, 1.82) is 0 Å². The van der Waals surface area contributed by atoms with Crippen molar-refractivity contribution in [3.8, 4) is 0 Å². The van der Waals surface area contributed by atoms with Crippen LogP contribution in [0.2, 0.25) is 0 Å². The maximum absolute atomic E-state index is 12.2. The highest BCUT2D eigenvalue weighted by molar-refractivity contribution is 5.69. The number of benzene rings is 2. The molecule has 4 atom stereocenters. The van der Waals surface area contributed by atoms with Crippen LogP contribution in [0.4, 0.5) is 4.79 Å². The summed E-state index contributed by atoms with van der Waals surface area (Å²) in [5, 5.41) is 30.9. The molecule has 2 aromatic rings. The molecule has 1 heterocycles. The van der Waals surface area contributed by atoms with Crippen molar-refractivity contribution in [2.45, 2.75) is 31.0 Å². The fourth-order valence-electron chi connectivity index (χ4n) is 2.93. The normalized spacial score (nSPS) is 23.0. The van der Waals surface area contributed by atoms with E-state index in [1.165, 1.54) is 4.90 Å². The molecule has 3 rings (SSSR count). The van der Waals surface area contributed by atoms with Crippen LogP contribution in [0, 0.1) is 0 Å². The number of carbonyl (C=O) groups excluding carboxylic acids is 1. The zero-order valence-electron chi connectivity index (χ0n) is 13.6. The fraction of sp³-hybridized carbons (Fsp3) is 0.316. The van der Waals surface area contributed by atoms with Crippen LogP contribution in [-0.2, 0) is 11.3 Å². The quantitative estimate of drug-likeness (QED) is 0.765. The zero-order chi connectivity index (χ0) is 17.8. The first-order chi connectivity index (χ1) is 12.1. The molecule has 3 N–H and O–H groups in total. The molecule has 1 aliphatic heterocycles. The summed E-state index contributed by atoms with van der Waals surface area (Å²) in [5.41, 5.74) is 1.40. The van der Waals surface area contributed by atoms with Crippen LogP contribution in [-0.4, -0.2) is 51.2 Å². The number of nitrogens with zero attached hydrogens (tertiary/aromatic N) is 1. The van der Waals surface area contributed by atoms with E-state index in [4.69, 9.17) is 4.74 Å². The summed E-state index contributed by atoms with van der Waals surface area (Å²) in [4.78, 5) is 13.6. The van der Waals surface area contributed by atoms with Gasteiger partial charge in [-0.25, -0.2) is 4.79 Å². The van der Waals surface area contributed by atoms with E-state index in [-0.39, 0.29) is 6.54 Å². The number of rotatable bonds is 5. The zero-order valence-corrected chi connectivity index (χ0v) is 13.6. The maximum Gasteiger partial charge on any atom is 0.410 e. The fourth-order valence-corrected chi connectivity index (χ4v) is 2.93. The summed E-state index contributed by atoms with van der Waals surface area (Å²) < 4.78 is 5.21. The molecule has 0 aromatic heterocycles. The largest absolute Gasteiger partial charge is 0.440 e. The monoisotopic (exact) mass is 343 g/mol. The van der Waals surface area contributed by atoms with Crippen molar-refractivity contribution in [3.05, 3.63) is 71.8 Å². The Morgan fingerprint density at radius 3 is 2.28 bits per heavy atom. The lowest BCUT2D eigenvalue weighted by Gasteiger charge is -2.38. The minimum Gasteiger partial charge on any atom is -0.440 e. The molecule has 25 heavy (non-hydrogen) atoms. The summed E-state index contributed by atoms with van der Waals surface area (Å²) in [7, 11) is 0. The first-order valence-electron chi connectivity index (χ1n) is 8.15. The molecule has 2 aromatic carbocycles. The predicted molar refractivity (Wildman–Crippen MR) is 90.5 cm³/mol. The van der Waals surface area contributed by atoms with Gasteiger partial charge in [-0.2, -0.15) is 0 Å². The van der Waals surface area contributed by atoms with Crippen molar-refractivity contribution in [2.75, 3.05) is 6.54 Å². The van der Waals surface area contributed by atoms with Crippen LogP contribution in [0.15, 0.2) is 60.7 Å². The van der Waals surface area contributed by atoms with Gasteiger partial charge in [-0.3, -0.25) is 0 Å². The summed E-state index contributed by atoms with van der Waals surface area (Å²) in [6, 6.07) is 17.9. The lowest BCUT2D eigenvalue weighted by atomic mass is 9.96. The highest BCUT2D eigenvalue weighted by atomic mass is 16.6. The van der Waals surface area contributed by atoms with Gasteiger partial charge in [-0.05, 0) is 11.1 Å². The number of hydrogen-bond acceptors (Lipinski definition) is 5. The molecule has 1 fully saturated rings. The van der Waals surface area contributed by atoms with Crippen molar-refractivity contribution in [3.63, 3.8) is 0 Å². The highest BCUT2D eigenvalue weighted by Gasteiger charge is 2.41. The van der Waals surface area contributed by atoms with Crippen molar-refractivity contribution in [1.82, 2.24) is 4.90 Å². The maximum atomic E-state index is 12.2. The predicted octanol–water partition coefficient (Wildman–Crippen LogP) is 1.46. The smallest absolute Gasteiger partial charge is 0.410 e. The van der Waals surface area contributed by atoms with Gasteiger partial charge in [-0.15, -0.1) is 0 Å². The third-order valence-electron chi connectivity index (χ3n) is 4.30. The van der Waals surface area contributed by atoms with E-state index in [1.807, 2.05) is 30.3 Å². The number of ether oxygens (including phenoxy) is 1. The van der Waals surface area contributed by atoms with Gasteiger partial charge in [0.05, 0.1) is 6.54 Å². The average Bonchev–Trinajstić information content (AvgIpc) is 2.65. The Hall–Kier alpha value is -2.41. The molecular weight excluding hydrogens is 322 g/mol. The summed E-state index contributed by atoms with van der Waals surface area (Å²) in [6.07, 6.45) is -5.59. The van der Waals surface area contributed by atoms with E-state index in [9.17, 15) is 20.1 Å². The molecule has 6 nitrogen and oxygen atoms in total.